The van der Waals surface area contributed by atoms with Crippen molar-refractivity contribution in [1.82, 2.24) is 30.5 Å². The van der Waals surface area contributed by atoms with Crippen molar-refractivity contribution in [2.45, 2.75) is 19.9 Å². The molecule has 3 atom stereocenters. The van der Waals surface area contributed by atoms with Gasteiger partial charge in [-0.15, -0.1) is 0 Å². The van der Waals surface area contributed by atoms with Gasteiger partial charge in [-0.25, -0.2) is 4.98 Å². The van der Waals surface area contributed by atoms with Gasteiger partial charge in [0.1, 0.15) is 11.6 Å². The van der Waals surface area contributed by atoms with E-state index in [4.69, 9.17) is 4.98 Å². The lowest BCUT2D eigenvalue weighted by atomic mass is 10.3. The molecule has 1 unspecified atom stereocenters. The number of hydrogen-bond acceptors (Lipinski definition) is 7. The van der Waals surface area contributed by atoms with Gasteiger partial charge in [-0.05, 0) is 19.1 Å². The van der Waals surface area contributed by atoms with Gasteiger partial charge in [-0.2, -0.15) is 15.1 Å². The molecule has 1 saturated carbocycles. The van der Waals surface area contributed by atoms with Crippen LogP contribution < -0.4 is 15.5 Å². The molecule has 1 amide bonds. The molecule has 0 aromatic carbocycles. The maximum absolute atomic E-state index is 11.3. The molecular weight excluding hydrogens is 344 g/mol. The van der Waals surface area contributed by atoms with Gasteiger partial charge in [0.05, 0.1) is 11.1 Å². The standard InChI is InChI=1S/C18H20N8O/c1-9-6-14(25-24-9)21-17-11-4-3-5-19-16(11)22-18(23-17)26-7-12-13(8-26)15(12)20-10(2)27/h3-6,12-13,15H,7-8H2,1-2H3,(H,20,27)(H2,19,21,22,23,24,25)/t12-,13+,15?. The number of carbonyl (C=O) groups excluding carboxylic acids is 1. The Morgan fingerprint density at radius 1 is 1.30 bits per heavy atom. The van der Waals surface area contributed by atoms with Gasteiger partial charge in [0.15, 0.2) is 5.65 Å². The SMILES string of the molecule is CC(=O)NC1[C@H]2CN(c3nc(Nc4cc(C)n[nH]4)c4cccnc4n3)C[C@@H]12. The molecule has 3 aromatic rings. The average Bonchev–Trinajstić information content (AvgIpc) is 3.01. The summed E-state index contributed by atoms with van der Waals surface area (Å²) < 4.78 is 0. The molecule has 1 aliphatic heterocycles. The first kappa shape index (κ1) is 16.0. The third kappa shape index (κ3) is 2.84. The van der Waals surface area contributed by atoms with Crippen LogP contribution in [-0.2, 0) is 4.79 Å². The zero-order chi connectivity index (χ0) is 18.5. The highest BCUT2D eigenvalue weighted by molar-refractivity contribution is 5.89. The molecule has 0 spiro atoms. The number of hydrogen-bond donors (Lipinski definition) is 3. The summed E-state index contributed by atoms with van der Waals surface area (Å²) in [5.41, 5.74) is 1.55. The minimum Gasteiger partial charge on any atom is -0.353 e. The molecule has 27 heavy (non-hydrogen) atoms. The number of nitrogens with one attached hydrogen (secondary N) is 3. The number of aromatic nitrogens is 5. The summed E-state index contributed by atoms with van der Waals surface area (Å²) in [5.74, 6) is 3.12. The normalized spacial score (nSPS) is 23.3. The molecule has 2 fully saturated rings. The molecule has 0 radical (unpaired) electrons. The number of amides is 1. The van der Waals surface area contributed by atoms with Crippen LogP contribution in [0, 0.1) is 18.8 Å². The van der Waals surface area contributed by atoms with E-state index in [-0.39, 0.29) is 5.91 Å². The summed E-state index contributed by atoms with van der Waals surface area (Å²) in [7, 11) is 0. The first-order chi connectivity index (χ1) is 13.1. The minimum absolute atomic E-state index is 0.0356. The highest BCUT2D eigenvalue weighted by Crippen LogP contribution is 2.46. The maximum atomic E-state index is 11.3. The van der Waals surface area contributed by atoms with Crippen molar-refractivity contribution in [2.75, 3.05) is 23.3 Å². The van der Waals surface area contributed by atoms with Gasteiger partial charge in [0.25, 0.3) is 0 Å². The lowest BCUT2D eigenvalue weighted by Crippen LogP contribution is -2.34. The van der Waals surface area contributed by atoms with Crippen molar-refractivity contribution in [1.29, 1.82) is 0 Å². The smallest absolute Gasteiger partial charge is 0.229 e. The van der Waals surface area contributed by atoms with Gasteiger partial charge in [0, 0.05) is 50.2 Å². The second kappa shape index (κ2) is 5.90. The van der Waals surface area contributed by atoms with E-state index < -0.39 is 0 Å². The van der Waals surface area contributed by atoms with E-state index >= 15 is 0 Å². The predicted octanol–water partition coefficient (Wildman–Crippen LogP) is 1.37. The monoisotopic (exact) mass is 364 g/mol. The highest BCUT2D eigenvalue weighted by atomic mass is 16.1. The average molecular weight is 364 g/mol. The van der Waals surface area contributed by atoms with Crippen molar-refractivity contribution in [3.05, 3.63) is 30.1 Å². The Kier molecular flexibility index (Phi) is 3.49. The Bertz CT molecular complexity index is 1020. The van der Waals surface area contributed by atoms with Crippen LogP contribution in [0.2, 0.25) is 0 Å². The van der Waals surface area contributed by atoms with E-state index in [9.17, 15) is 4.79 Å². The Morgan fingerprint density at radius 2 is 2.11 bits per heavy atom. The van der Waals surface area contributed by atoms with Crippen molar-refractivity contribution in [2.24, 2.45) is 11.8 Å². The maximum Gasteiger partial charge on any atom is 0.229 e. The number of rotatable bonds is 4. The fourth-order valence-corrected chi connectivity index (χ4v) is 3.94. The summed E-state index contributed by atoms with van der Waals surface area (Å²) in [5, 5.41) is 14.3. The molecule has 1 saturated heterocycles. The lowest BCUT2D eigenvalue weighted by Gasteiger charge is -2.21. The summed E-state index contributed by atoms with van der Waals surface area (Å²) in [6.45, 7) is 5.18. The van der Waals surface area contributed by atoms with E-state index in [1.54, 1.807) is 13.1 Å². The predicted molar refractivity (Wildman–Crippen MR) is 101 cm³/mol. The Hall–Kier alpha value is -3.23. The number of pyridine rings is 1. The number of piperidine rings is 1. The highest BCUT2D eigenvalue weighted by Gasteiger charge is 2.56. The molecule has 9 nitrogen and oxygen atoms in total. The van der Waals surface area contributed by atoms with Gasteiger partial charge < -0.3 is 15.5 Å². The number of anilines is 3. The van der Waals surface area contributed by atoms with E-state index in [0.717, 1.165) is 30.0 Å². The zero-order valence-corrected chi connectivity index (χ0v) is 15.1. The van der Waals surface area contributed by atoms with Crippen molar-refractivity contribution >= 4 is 34.5 Å². The summed E-state index contributed by atoms with van der Waals surface area (Å²) in [4.78, 5) is 27.3. The van der Waals surface area contributed by atoms with Crippen molar-refractivity contribution in [3.63, 3.8) is 0 Å². The van der Waals surface area contributed by atoms with Gasteiger partial charge in [-0.3, -0.25) is 9.89 Å². The molecule has 4 heterocycles. The van der Waals surface area contributed by atoms with Crippen LogP contribution in [0.25, 0.3) is 11.0 Å². The number of carbonyl (C=O) groups is 1. The summed E-state index contributed by atoms with van der Waals surface area (Å²) in [6.07, 6.45) is 1.73. The van der Waals surface area contributed by atoms with Crippen LogP contribution in [0.1, 0.15) is 12.6 Å². The first-order valence-corrected chi connectivity index (χ1v) is 9.02. The Balaban J connectivity index is 1.43. The van der Waals surface area contributed by atoms with Crippen LogP contribution in [0.15, 0.2) is 24.4 Å². The Morgan fingerprint density at radius 3 is 2.81 bits per heavy atom. The molecule has 5 rings (SSSR count). The topological polar surface area (TPSA) is 112 Å². The van der Waals surface area contributed by atoms with E-state index in [1.165, 1.54) is 0 Å². The summed E-state index contributed by atoms with van der Waals surface area (Å²) >= 11 is 0. The van der Waals surface area contributed by atoms with Crippen molar-refractivity contribution < 1.29 is 4.79 Å². The third-order valence-corrected chi connectivity index (χ3v) is 5.27. The van der Waals surface area contributed by atoms with E-state index in [0.29, 0.717) is 35.3 Å². The molecule has 1 aliphatic carbocycles. The minimum atomic E-state index is 0.0356. The number of fused-ring (bicyclic) bond motifs is 2. The van der Waals surface area contributed by atoms with Crippen LogP contribution in [0.5, 0.6) is 0 Å². The van der Waals surface area contributed by atoms with E-state index in [1.807, 2.05) is 25.1 Å². The fraction of sp³-hybridized carbons (Fsp3) is 0.389. The zero-order valence-electron chi connectivity index (χ0n) is 15.1. The molecule has 9 heteroatoms. The molecule has 3 N–H and O–H groups in total. The third-order valence-electron chi connectivity index (χ3n) is 5.27. The van der Waals surface area contributed by atoms with Crippen LogP contribution in [0.3, 0.4) is 0 Å². The molecule has 3 aromatic heterocycles. The lowest BCUT2D eigenvalue weighted by molar-refractivity contribution is -0.119. The summed E-state index contributed by atoms with van der Waals surface area (Å²) in [6, 6.07) is 6.04. The largest absolute Gasteiger partial charge is 0.353 e. The second-order valence-electron chi connectivity index (χ2n) is 7.25. The molecule has 2 aliphatic rings. The second-order valence-corrected chi connectivity index (χ2v) is 7.25. The van der Waals surface area contributed by atoms with Crippen LogP contribution >= 0.6 is 0 Å². The van der Waals surface area contributed by atoms with Gasteiger partial charge in [0.2, 0.25) is 11.9 Å². The molecule has 0 bridgehead atoms. The number of H-pyrrole nitrogens is 1. The number of nitrogens with zero attached hydrogens (tertiary/aromatic N) is 5. The number of aryl methyl sites for hydroxylation is 1. The molecule has 138 valence electrons. The number of aromatic amines is 1. The fourth-order valence-electron chi connectivity index (χ4n) is 3.94. The van der Waals surface area contributed by atoms with Gasteiger partial charge >= 0.3 is 0 Å². The van der Waals surface area contributed by atoms with Crippen molar-refractivity contribution in [3.8, 4) is 0 Å². The van der Waals surface area contributed by atoms with Crippen LogP contribution in [0.4, 0.5) is 17.6 Å². The van der Waals surface area contributed by atoms with E-state index in [2.05, 4.69) is 35.7 Å². The van der Waals surface area contributed by atoms with Gasteiger partial charge in [-0.1, -0.05) is 0 Å². The first-order valence-electron chi connectivity index (χ1n) is 9.02. The molecular formula is C18H20N8O. The van der Waals surface area contributed by atoms with Crippen LogP contribution in [-0.4, -0.2) is 50.2 Å². The Labute approximate surface area is 155 Å². The quantitative estimate of drug-likeness (QED) is 0.641.